The maximum atomic E-state index is 13.3. The van der Waals surface area contributed by atoms with Crippen LogP contribution in [0.4, 0.5) is 8.78 Å². The zero-order valence-electron chi connectivity index (χ0n) is 13.2. The molecule has 6 heteroatoms. The van der Waals surface area contributed by atoms with E-state index < -0.39 is 11.6 Å². The molecular formula is C18H19F2NO2S. The van der Waals surface area contributed by atoms with E-state index in [0.717, 1.165) is 42.2 Å². The van der Waals surface area contributed by atoms with Gasteiger partial charge in [-0.15, -0.1) is 0 Å². The standard InChI is InChI=1S/C18H19F2NO2S/c19-16-4-3-14(10-17(16)20)18(22)21-7-5-13(6-8-21)11-24-12-15-2-1-9-23-15/h1-4,9-10,13H,5-8,11-12H2. The van der Waals surface area contributed by atoms with Crippen molar-refractivity contribution in [3.05, 3.63) is 59.6 Å². The smallest absolute Gasteiger partial charge is 0.253 e. The largest absolute Gasteiger partial charge is 0.468 e. The predicted molar refractivity (Wildman–Crippen MR) is 89.9 cm³/mol. The third-order valence-corrected chi connectivity index (χ3v) is 5.44. The van der Waals surface area contributed by atoms with Gasteiger partial charge < -0.3 is 9.32 Å². The topological polar surface area (TPSA) is 33.5 Å². The van der Waals surface area contributed by atoms with Gasteiger partial charge in [0.1, 0.15) is 5.76 Å². The Morgan fingerprint density at radius 3 is 2.67 bits per heavy atom. The van der Waals surface area contributed by atoms with Gasteiger partial charge >= 0.3 is 0 Å². The molecule has 1 amide bonds. The monoisotopic (exact) mass is 351 g/mol. The molecule has 1 aliphatic rings. The number of halogens is 2. The highest BCUT2D eigenvalue weighted by Gasteiger charge is 2.24. The van der Waals surface area contributed by atoms with Crippen LogP contribution in [-0.2, 0) is 5.75 Å². The van der Waals surface area contributed by atoms with Crippen molar-refractivity contribution in [3.63, 3.8) is 0 Å². The highest BCUT2D eigenvalue weighted by molar-refractivity contribution is 7.98. The Hall–Kier alpha value is -1.82. The fraction of sp³-hybridized carbons (Fsp3) is 0.389. The highest BCUT2D eigenvalue weighted by atomic mass is 32.2. The number of amides is 1. The molecule has 3 rings (SSSR count). The van der Waals surface area contributed by atoms with Crippen molar-refractivity contribution in [2.75, 3.05) is 18.8 Å². The van der Waals surface area contributed by atoms with Crippen LogP contribution < -0.4 is 0 Å². The van der Waals surface area contributed by atoms with Gasteiger partial charge in [-0.1, -0.05) is 0 Å². The zero-order chi connectivity index (χ0) is 16.9. The molecule has 24 heavy (non-hydrogen) atoms. The second-order valence-electron chi connectivity index (χ2n) is 5.96. The average molecular weight is 351 g/mol. The van der Waals surface area contributed by atoms with E-state index >= 15 is 0 Å². The number of rotatable bonds is 5. The zero-order valence-corrected chi connectivity index (χ0v) is 14.0. The summed E-state index contributed by atoms with van der Waals surface area (Å²) in [5.41, 5.74) is 0.208. The minimum atomic E-state index is -0.981. The number of piperidine rings is 1. The fourth-order valence-corrected chi connectivity index (χ4v) is 3.99. The summed E-state index contributed by atoms with van der Waals surface area (Å²) in [7, 11) is 0. The molecule has 0 N–H and O–H groups in total. The van der Waals surface area contributed by atoms with Crippen molar-refractivity contribution in [2.45, 2.75) is 18.6 Å². The Labute approximate surface area is 144 Å². The molecule has 0 atom stereocenters. The number of carbonyl (C=O) groups excluding carboxylic acids is 1. The lowest BCUT2D eigenvalue weighted by Crippen LogP contribution is -2.39. The van der Waals surface area contributed by atoms with Gasteiger partial charge in [-0.3, -0.25) is 4.79 Å². The molecule has 1 aromatic carbocycles. The molecule has 0 radical (unpaired) electrons. The number of hydrogen-bond acceptors (Lipinski definition) is 3. The van der Waals surface area contributed by atoms with Crippen LogP contribution in [0.5, 0.6) is 0 Å². The van der Waals surface area contributed by atoms with Crippen LogP contribution in [0, 0.1) is 17.6 Å². The first-order valence-corrected chi connectivity index (χ1v) is 9.13. The number of carbonyl (C=O) groups is 1. The number of furan rings is 1. The molecule has 0 aliphatic carbocycles. The van der Waals surface area contributed by atoms with Crippen LogP contribution in [-0.4, -0.2) is 29.6 Å². The second kappa shape index (κ2) is 7.83. The predicted octanol–water partition coefficient (Wildman–Crippen LogP) is 4.34. The molecule has 1 aliphatic heterocycles. The van der Waals surface area contributed by atoms with Crippen LogP contribution in [0.1, 0.15) is 29.0 Å². The second-order valence-corrected chi connectivity index (χ2v) is 6.99. The van der Waals surface area contributed by atoms with Gasteiger partial charge in [-0.2, -0.15) is 11.8 Å². The molecule has 0 saturated carbocycles. The summed E-state index contributed by atoms with van der Waals surface area (Å²) in [4.78, 5) is 14.1. The average Bonchev–Trinajstić information content (AvgIpc) is 3.11. The van der Waals surface area contributed by atoms with Crippen molar-refractivity contribution < 1.29 is 18.0 Å². The summed E-state index contributed by atoms with van der Waals surface area (Å²) in [6.45, 7) is 1.31. The number of nitrogens with zero attached hydrogens (tertiary/aromatic N) is 1. The lowest BCUT2D eigenvalue weighted by Gasteiger charge is -2.32. The van der Waals surface area contributed by atoms with E-state index in [1.54, 1.807) is 11.2 Å². The van der Waals surface area contributed by atoms with Gasteiger partial charge in [-0.25, -0.2) is 8.78 Å². The van der Waals surface area contributed by atoms with E-state index in [9.17, 15) is 13.6 Å². The fourth-order valence-electron chi connectivity index (χ4n) is 2.84. The number of likely N-dealkylation sites (tertiary alicyclic amines) is 1. The van der Waals surface area contributed by atoms with E-state index in [1.807, 2.05) is 23.9 Å². The Morgan fingerprint density at radius 1 is 1.21 bits per heavy atom. The molecule has 2 aromatic rings. The van der Waals surface area contributed by atoms with Crippen molar-refractivity contribution >= 4 is 17.7 Å². The molecule has 2 heterocycles. The van der Waals surface area contributed by atoms with Crippen molar-refractivity contribution in [1.82, 2.24) is 4.90 Å². The minimum absolute atomic E-state index is 0.208. The number of hydrogen-bond donors (Lipinski definition) is 0. The quantitative estimate of drug-likeness (QED) is 0.803. The Kier molecular flexibility index (Phi) is 5.56. The first-order valence-electron chi connectivity index (χ1n) is 7.98. The summed E-state index contributed by atoms with van der Waals surface area (Å²) in [6.07, 6.45) is 3.54. The summed E-state index contributed by atoms with van der Waals surface area (Å²) in [5, 5.41) is 0. The summed E-state index contributed by atoms with van der Waals surface area (Å²) < 4.78 is 31.5. The van der Waals surface area contributed by atoms with E-state index in [0.29, 0.717) is 19.0 Å². The Morgan fingerprint density at radius 2 is 2.00 bits per heavy atom. The maximum Gasteiger partial charge on any atom is 0.253 e. The van der Waals surface area contributed by atoms with Gasteiger partial charge in [-0.05, 0) is 54.8 Å². The van der Waals surface area contributed by atoms with E-state index in [2.05, 4.69) is 0 Å². The van der Waals surface area contributed by atoms with Crippen LogP contribution >= 0.6 is 11.8 Å². The first kappa shape index (κ1) is 17.0. The van der Waals surface area contributed by atoms with E-state index in [-0.39, 0.29) is 11.5 Å². The molecule has 0 unspecified atom stereocenters. The summed E-state index contributed by atoms with van der Waals surface area (Å²) in [6, 6.07) is 7.17. The number of benzene rings is 1. The molecule has 1 saturated heterocycles. The maximum absolute atomic E-state index is 13.3. The van der Waals surface area contributed by atoms with Crippen LogP contribution in [0.3, 0.4) is 0 Å². The lowest BCUT2D eigenvalue weighted by molar-refractivity contribution is 0.0698. The molecule has 0 bridgehead atoms. The van der Waals surface area contributed by atoms with E-state index in [4.69, 9.17) is 4.42 Å². The van der Waals surface area contributed by atoms with Crippen LogP contribution in [0.25, 0.3) is 0 Å². The molecule has 1 fully saturated rings. The number of thioether (sulfide) groups is 1. The van der Waals surface area contributed by atoms with Crippen LogP contribution in [0.2, 0.25) is 0 Å². The normalized spacial score (nSPS) is 15.7. The molecule has 0 spiro atoms. The molecular weight excluding hydrogens is 332 g/mol. The molecule has 3 nitrogen and oxygen atoms in total. The van der Waals surface area contributed by atoms with Gasteiger partial charge in [0, 0.05) is 18.7 Å². The van der Waals surface area contributed by atoms with Crippen molar-refractivity contribution in [2.24, 2.45) is 5.92 Å². The van der Waals surface area contributed by atoms with Gasteiger partial charge in [0.2, 0.25) is 0 Å². The molecule has 128 valence electrons. The molecule has 1 aromatic heterocycles. The van der Waals surface area contributed by atoms with Crippen molar-refractivity contribution in [3.8, 4) is 0 Å². The van der Waals surface area contributed by atoms with Gasteiger partial charge in [0.05, 0.1) is 12.0 Å². The summed E-state index contributed by atoms with van der Waals surface area (Å²) >= 11 is 1.84. The van der Waals surface area contributed by atoms with Gasteiger partial charge in [0.15, 0.2) is 11.6 Å². The van der Waals surface area contributed by atoms with Gasteiger partial charge in [0.25, 0.3) is 5.91 Å². The van der Waals surface area contributed by atoms with Crippen molar-refractivity contribution in [1.29, 1.82) is 0 Å². The third kappa shape index (κ3) is 4.17. The lowest BCUT2D eigenvalue weighted by atomic mass is 9.98. The minimum Gasteiger partial charge on any atom is -0.468 e. The first-order chi connectivity index (χ1) is 11.6. The Balaban J connectivity index is 1.45. The third-order valence-electron chi connectivity index (χ3n) is 4.25. The van der Waals surface area contributed by atoms with E-state index in [1.165, 1.54) is 6.07 Å². The Bertz CT molecular complexity index is 682. The highest BCUT2D eigenvalue weighted by Crippen LogP contribution is 2.25. The SMILES string of the molecule is O=C(c1ccc(F)c(F)c1)N1CCC(CSCc2ccco2)CC1. The van der Waals surface area contributed by atoms with Crippen LogP contribution in [0.15, 0.2) is 41.0 Å². The summed E-state index contributed by atoms with van der Waals surface area (Å²) in [5.74, 6) is 1.30.